The van der Waals surface area contributed by atoms with Crippen molar-refractivity contribution in [1.82, 2.24) is 5.32 Å². The van der Waals surface area contributed by atoms with Gasteiger partial charge in [0.15, 0.2) is 0 Å². The molecular formula is C35H69N3O5S. The third-order valence-electron chi connectivity index (χ3n) is 7.82. The minimum atomic E-state index is -0.651. The summed E-state index contributed by atoms with van der Waals surface area (Å²) in [5.74, 6) is 0.132. The summed E-state index contributed by atoms with van der Waals surface area (Å²) in [6.07, 6.45) is 24.4. The Balaban J connectivity index is 4.44. The molecule has 0 radical (unpaired) electrons. The second-order valence-corrected chi connectivity index (χ2v) is 13.3. The first kappa shape index (κ1) is 42.7. The number of rotatable bonds is 33. The van der Waals surface area contributed by atoms with Crippen molar-refractivity contribution in [3.63, 3.8) is 0 Å². The van der Waals surface area contributed by atoms with Crippen LogP contribution in [0.2, 0.25) is 0 Å². The van der Waals surface area contributed by atoms with E-state index >= 15 is 0 Å². The van der Waals surface area contributed by atoms with Gasteiger partial charge in [0.1, 0.15) is 12.7 Å². The zero-order chi connectivity index (χ0) is 32.5. The average Bonchev–Trinajstić information content (AvgIpc) is 3.01. The Kier molecular flexibility index (Phi) is 32.1. The molecule has 0 fully saturated rings. The molecule has 0 aliphatic rings. The molecule has 0 bridgehead atoms. The third kappa shape index (κ3) is 29.4. The minimum Gasteiger partial charge on any atom is -0.462 e. The van der Waals surface area contributed by atoms with Crippen LogP contribution in [0.5, 0.6) is 0 Å². The van der Waals surface area contributed by atoms with E-state index in [-0.39, 0.29) is 24.5 Å². The number of carbonyl (C=O) groups excluding carboxylic acids is 3. The van der Waals surface area contributed by atoms with Gasteiger partial charge in [0, 0.05) is 30.9 Å². The average molecular weight is 644 g/mol. The fourth-order valence-electron chi connectivity index (χ4n) is 4.97. The van der Waals surface area contributed by atoms with Crippen LogP contribution < -0.4 is 16.8 Å². The highest BCUT2D eigenvalue weighted by atomic mass is 32.2. The predicted octanol–water partition coefficient (Wildman–Crippen LogP) is 7.59. The summed E-state index contributed by atoms with van der Waals surface area (Å²) in [7, 11) is 0. The van der Waals surface area contributed by atoms with Gasteiger partial charge in [-0.05, 0) is 32.2 Å². The van der Waals surface area contributed by atoms with Gasteiger partial charge in [0.2, 0.25) is 5.91 Å². The number of thioether (sulfide) groups is 1. The van der Waals surface area contributed by atoms with E-state index in [0.29, 0.717) is 37.4 Å². The Labute approximate surface area is 274 Å². The van der Waals surface area contributed by atoms with Gasteiger partial charge in [-0.2, -0.15) is 11.8 Å². The molecule has 0 heterocycles. The molecule has 2 atom stereocenters. The first-order valence-corrected chi connectivity index (χ1v) is 19.3. The van der Waals surface area contributed by atoms with E-state index in [0.717, 1.165) is 57.8 Å². The molecule has 8 nitrogen and oxygen atoms in total. The number of ether oxygens (including phenoxy) is 2. The van der Waals surface area contributed by atoms with Gasteiger partial charge in [-0.15, -0.1) is 0 Å². The van der Waals surface area contributed by atoms with E-state index in [1.807, 2.05) is 0 Å². The lowest BCUT2D eigenvalue weighted by atomic mass is 10.1. The first-order valence-electron chi connectivity index (χ1n) is 18.1. The van der Waals surface area contributed by atoms with Crippen molar-refractivity contribution in [1.29, 1.82) is 0 Å². The van der Waals surface area contributed by atoms with Crippen molar-refractivity contribution in [2.75, 3.05) is 31.2 Å². The Bertz CT molecular complexity index is 683. The molecule has 0 saturated heterocycles. The summed E-state index contributed by atoms with van der Waals surface area (Å²) in [5.41, 5.74) is 11.6. The lowest BCUT2D eigenvalue weighted by Gasteiger charge is -2.19. The standard InChI is InChI=1S/C35H69N3O5S/c1-3-5-7-9-11-13-15-17-20-24-33(39)42-28-31(29-44-30-32(37)35(41)38-27-23-19-22-26-36)43-34(40)25-21-18-16-14-12-10-8-6-4-2/h31-32H,3-30,36-37H2,1-2H3,(H,38,41)/t31-,32+/m1/s1. The Morgan fingerprint density at radius 2 is 1.11 bits per heavy atom. The summed E-state index contributed by atoms with van der Waals surface area (Å²) in [5, 5.41) is 2.87. The summed E-state index contributed by atoms with van der Waals surface area (Å²) in [6.45, 7) is 5.74. The normalized spacial score (nSPS) is 12.5. The van der Waals surface area contributed by atoms with Crippen molar-refractivity contribution in [2.24, 2.45) is 11.5 Å². The highest BCUT2D eigenvalue weighted by molar-refractivity contribution is 7.99. The van der Waals surface area contributed by atoms with Crippen molar-refractivity contribution in [3.8, 4) is 0 Å². The molecule has 5 N–H and O–H groups in total. The molecule has 0 spiro atoms. The van der Waals surface area contributed by atoms with E-state index in [9.17, 15) is 14.4 Å². The Morgan fingerprint density at radius 1 is 0.636 bits per heavy atom. The maximum atomic E-state index is 12.6. The van der Waals surface area contributed by atoms with Gasteiger partial charge in [0.25, 0.3) is 0 Å². The van der Waals surface area contributed by atoms with Gasteiger partial charge in [-0.1, -0.05) is 123 Å². The number of hydrogen-bond donors (Lipinski definition) is 3. The van der Waals surface area contributed by atoms with Crippen LogP contribution in [-0.4, -0.2) is 61.2 Å². The van der Waals surface area contributed by atoms with Crippen molar-refractivity contribution < 1.29 is 23.9 Å². The molecule has 0 rings (SSSR count). The highest BCUT2D eigenvalue weighted by Crippen LogP contribution is 2.14. The molecular weight excluding hydrogens is 574 g/mol. The van der Waals surface area contributed by atoms with Crippen molar-refractivity contribution >= 4 is 29.6 Å². The zero-order valence-corrected chi connectivity index (χ0v) is 29.4. The summed E-state index contributed by atoms with van der Waals surface area (Å²) < 4.78 is 11.2. The molecule has 0 aliphatic carbocycles. The predicted molar refractivity (Wildman–Crippen MR) is 186 cm³/mol. The van der Waals surface area contributed by atoms with E-state index in [1.165, 1.54) is 88.8 Å². The van der Waals surface area contributed by atoms with Crippen LogP contribution in [0, 0.1) is 0 Å². The van der Waals surface area contributed by atoms with Gasteiger partial charge in [-0.3, -0.25) is 14.4 Å². The number of nitrogens with one attached hydrogen (secondary N) is 1. The largest absolute Gasteiger partial charge is 0.462 e. The molecule has 1 amide bonds. The highest BCUT2D eigenvalue weighted by Gasteiger charge is 2.19. The number of unbranched alkanes of at least 4 members (excludes halogenated alkanes) is 18. The fraction of sp³-hybridized carbons (Fsp3) is 0.914. The molecule has 0 aromatic carbocycles. The lowest BCUT2D eigenvalue weighted by molar-refractivity contribution is -0.157. The first-order chi connectivity index (χ1) is 21.4. The number of carbonyl (C=O) groups is 3. The third-order valence-corrected chi connectivity index (χ3v) is 9.02. The number of hydrogen-bond acceptors (Lipinski definition) is 8. The topological polar surface area (TPSA) is 134 Å². The molecule has 44 heavy (non-hydrogen) atoms. The van der Waals surface area contributed by atoms with E-state index in [4.69, 9.17) is 20.9 Å². The van der Waals surface area contributed by atoms with Crippen LogP contribution in [0.15, 0.2) is 0 Å². The van der Waals surface area contributed by atoms with Gasteiger partial charge in [0.05, 0.1) is 6.04 Å². The maximum absolute atomic E-state index is 12.6. The van der Waals surface area contributed by atoms with Crippen LogP contribution in [-0.2, 0) is 23.9 Å². The van der Waals surface area contributed by atoms with Crippen LogP contribution in [0.25, 0.3) is 0 Å². The SMILES string of the molecule is CCCCCCCCCCCC(=O)OC[C@H](CSC[C@H](N)C(=O)NCCCCCN)OC(=O)CCCCCCCCCCC. The summed E-state index contributed by atoms with van der Waals surface area (Å²) >= 11 is 1.44. The van der Waals surface area contributed by atoms with Gasteiger partial charge in [-0.25, -0.2) is 0 Å². The lowest BCUT2D eigenvalue weighted by Crippen LogP contribution is -2.43. The molecule has 0 saturated carbocycles. The number of esters is 2. The van der Waals surface area contributed by atoms with Crippen LogP contribution in [0.4, 0.5) is 0 Å². The van der Waals surface area contributed by atoms with Gasteiger partial charge >= 0.3 is 11.9 Å². The number of amides is 1. The van der Waals surface area contributed by atoms with Crippen LogP contribution in [0.3, 0.4) is 0 Å². The van der Waals surface area contributed by atoms with Crippen molar-refractivity contribution in [3.05, 3.63) is 0 Å². The second kappa shape index (κ2) is 33.1. The zero-order valence-electron chi connectivity index (χ0n) is 28.6. The van der Waals surface area contributed by atoms with E-state index < -0.39 is 12.1 Å². The monoisotopic (exact) mass is 643 g/mol. The molecule has 0 aliphatic heterocycles. The quantitative estimate of drug-likeness (QED) is 0.0492. The maximum Gasteiger partial charge on any atom is 0.306 e. The summed E-state index contributed by atoms with van der Waals surface area (Å²) in [6, 6.07) is -0.651. The summed E-state index contributed by atoms with van der Waals surface area (Å²) in [4.78, 5) is 37.3. The molecule has 260 valence electrons. The smallest absolute Gasteiger partial charge is 0.306 e. The molecule has 0 aromatic rings. The number of nitrogens with two attached hydrogens (primary N) is 2. The van der Waals surface area contributed by atoms with E-state index in [1.54, 1.807) is 0 Å². The molecule has 0 aromatic heterocycles. The van der Waals surface area contributed by atoms with E-state index in [2.05, 4.69) is 19.2 Å². The fourth-order valence-corrected chi connectivity index (χ4v) is 5.94. The van der Waals surface area contributed by atoms with Crippen LogP contribution >= 0.6 is 11.8 Å². The van der Waals surface area contributed by atoms with Gasteiger partial charge < -0.3 is 26.3 Å². The molecule has 9 heteroatoms. The van der Waals surface area contributed by atoms with Crippen molar-refractivity contribution in [2.45, 2.75) is 174 Å². The Hall–Kier alpha value is -1.32. The molecule has 0 unspecified atom stereocenters. The van der Waals surface area contributed by atoms with Crippen LogP contribution in [0.1, 0.15) is 162 Å². The Morgan fingerprint density at radius 3 is 1.64 bits per heavy atom. The minimum absolute atomic E-state index is 0.0370. The second-order valence-electron chi connectivity index (χ2n) is 12.2.